The molecule has 0 spiro atoms. The van der Waals surface area contributed by atoms with Crippen LogP contribution in [0.3, 0.4) is 0 Å². The van der Waals surface area contributed by atoms with Crippen molar-refractivity contribution >= 4 is 23.1 Å². The van der Waals surface area contributed by atoms with Gasteiger partial charge >= 0.3 is 0 Å². The topological polar surface area (TPSA) is 75.4 Å². The van der Waals surface area contributed by atoms with Crippen molar-refractivity contribution in [3.63, 3.8) is 0 Å². The molecule has 0 saturated carbocycles. The molecule has 108 valence electrons. The van der Waals surface area contributed by atoms with Crippen molar-refractivity contribution in [1.29, 1.82) is 0 Å². The van der Waals surface area contributed by atoms with Crippen molar-refractivity contribution < 1.29 is 10.0 Å². The van der Waals surface area contributed by atoms with E-state index in [2.05, 4.69) is 17.4 Å². The molecule has 6 heteroatoms. The van der Waals surface area contributed by atoms with E-state index in [9.17, 15) is 15.2 Å². The first-order valence-electron chi connectivity index (χ1n) is 6.54. The van der Waals surface area contributed by atoms with Crippen LogP contribution < -0.4 is 5.32 Å². The van der Waals surface area contributed by atoms with Gasteiger partial charge in [0.1, 0.15) is 11.4 Å². The fourth-order valence-electron chi connectivity index (χ4n) is 2.48. The summed E-state index contributed by atoms with van der Waals surface area (Å²) in [5.74, 6) is 1.71. The van der Waals surface area contributed by atoms with Crippen molar-refractivity contribution in [3.05, 3.63) is 63.7 Å². The Morgan fingerprint density at radius 2 is 2.10 bits per heavy atom. The highest BCUT2D eigenvalue weighted by molar-refractivity contribution is 7.98. The van der Waals surface area contributed by atoms with E-state index >= 15 is 0 Å². The van der Waals surface area contributed by atoms with Gasteiger partial charge in [-0.1, -0.05) is 24.3 Å². The van der Waals surface area contributed by atoms with Crippen LogP contribution in [-0.2, 0) is 5.75 Å². The number of nitro benzene ring substituents is 1. The fraction of sp³-hybridized carbons (Fsp3) is 0.200. The summed E-state index contributed by atoms with van der Waals surface area (Å²) < 4.78 is 0. The largest absolute Gasteiger partial charge is 0.508 e. The third-order valence-corrected chi connectivity index (χ3v) is 4.56. The van der Waals surface area contributed by atoms with Crippen LogP contribution in [0.15, 0.2) is 42.5 Å². The zero-order valence-corrected chi connectivity index (χ0v) is 12.0. The predicted octanol–water partition coefficient (Wildman–Crippen LogP) is 3.70. The molecule has 5 nitrogen and oxygen atoms in total. The summed E-state index contributed by atoms with van der Waals surface area (Å²) in [5, 5.41) is 23.8. The Hall–Kier alpha value is -2.21. The van der Waals surface area contributed by atoms with Crippen LogP contribution >= 0.6 is 11.8 Å². The molecule has 2 aromatic carbocycles. The molecule has 1 unspecified atom stereocenters. The van der Waals surface area contributed by atoms with Crippen LogP contribution in [0.5, 0.6) is 5.75 Å². The summed E-state index contributed by atoms with van der Waals surface area (Å²) in [4.78, 5) is 10.6. The second-order valence-corrected chi connectivity index (χ2v) is 5.90. The van der Waals surface area contributed by atoms with Gasteiger partial charge in [-0.2, -0.15) is 11.8 Å². The highest BCUT2D eigenvalue weighted by Gasteiger charge is 2.23. The summed E-state index contributed by atoms with van der Waals surface area (Å²) in [6, 6.07) is 12.3. The predicted molar refractivity (Wildman–Crippen MR) is 83.7 cm³/mol. The van der Waals surface area contributed by atoms with Gasteiger partial charge in [0.05, 0.1) is 17.0 Å². The second kappa shape index (κ2) is 5.65. The van der Waals surface area contributed by atoms with Gasteiger partial charge in [0.2, 0.25) is 0 Å². The Kier molecular flexibility index (Phi) is 3.70. The van der Waals surface area contributed by atoms with E-state index in [0.29, 0.717) is 5.69 Å². The van der Waals surface area contributed by atoms with Crippen molar-refractivity contribution in [2.45, 2.75) is 11.8 Å². The summed E-state index contributed by atoms with van der Waals surface area (Å²) in [7, 11) is 0. The van der Waals surface area contributed by atoms with Gasteiger partial charge in [0, 0.05) is 11.5 Å². The van der Waals surface area contributed by atoms with E-state index in [0.717, 1.165) is 11.5 Å². The summed E-state index contributed by atoms with van der Waals surface area (Å²) in [6.45, 7) is 0. The molecular weight excluding hydrogens is 288 g/mol. The lowest BCUT2D eigenvalue weighted by atomic mass is 10.0. The van der Waals surface area contributed by atoms with Crippen LogP contribution in [-0.4, -0.2) is 15.8 Å². The molecule has 3 rings (SSSR count). The number of hydrogen-bond acceptors (Lipinski definition) is 5. The number of phenols is 1. The Bertz CT molecular complexity index is 690. The SMILES string of the molecule is O=[N+]([O-])c1cc(O)ccc1NC1CSCc2ccccc21. The molecular formula is C15H14N2O3S. The second-order valence-electron chi connectivity index (χ2n) is 4.87. The molecule has 21 heavy (non-hydrogen) atoms. The molecule has 1 heterocycles. The fourth-order valence-corrected chi connectivity index (χ4v) is 3.58. The maximum Gasteiger partial charge on any atom is 0.296 e. The highest BCUT2D eigenvalue weighted by atomic mass is 32.2. The van der Waals surface area contributed by atoms with Crippen molar-refractivity contribution in [1.82, 2.24) is 0 Å². The normalized spacial score (nSPS) is 17.0. The number of nitrogens with one attached hydrogen (secondary N) is 1. The first-order chi connectivity index (χ1) is 10.1. The number of hydrogen-bond donors (Lipinski definition) is 2. The average Bonchev–Trinajstić information content (AvgIpc) is 2.49. The molecule has 1 atom stereocenters. The van der Waals surface area contributed by atoms with Gasteiger partial charge in [-0.15, -0.1) is 0 Å². The van der Waals surface area contributed by atoms with E-state index in [1.807, 2.05) is 12.1 Å². The summed E-state index contributed by atoms with van der Waals surface area (Å²) in [6.07, 6.45) is 0. The maximum absolute atomic E-state index is 11.1. The van der Waals surface area contributed by atoms with Crippen LogP contribution in [0.1, 0.15) is 17.2 Å². The first-order valence-corrected chi connectivity index (χ1v) is 7.70. The third kappa shape index (κ3) is 2.80. The van der Waals surface area contributed by atoms with Crippen LogP contribution in [0.4, 0.5) is 11.4 Å². The zero-order valence-electron chi connectivity index (χ0n) is 11.2. The Morgan fingerprint density at radius 3 is 2.90 bits per heavy atom. The lowest BCUT2D eigenvalue weighted by Crippen LogP contribution is -2.19. The summed E-state index contributed by atoms with van der Waals surface area (Å²) in [5.41, 5.74) is 2.76. The number of aromatic hydroxyl groups is 1. The molecule has 1 aliphatic heterocycles. The minimum Gasteiger partial charge on any atom is -0.508 e. The lowest BCUT2D eigenvalue weighted by molar-refractivity contribution is -0.384. The Labute approximate surface area is 126 Å². The molecule has 0 aliphatic carbocycles. The highest BCUT2D eigenvalue weighted by Crippen LogP contribution is 2.36. The number of phenolic OH excluding ortho intramolecular Hbond substituents is 1. The van der Waals surface area contributed by atoms with Gasteiger partial charge in [0.15, 0.2) is 0 Å². The van der Waals surface area contributed by atoms with Crippen LogP contribution in [0.25, 0.3) is 0 Å². The van der Waals surface area contributed by atoms with Gasteiger partial charge in [0.25, 0.3) is 5.69 Å². The number of nitro groups is 1. The number of rotatable bonds is 3. The van der Waals surface area contributed by atoms with Crippen LogP contribution in [0, 0.1) is 10.1 Å². The Morgan fingerprint density at radius 1 is 1.29 bits per heavy atom. The standard InChI is InChI=1S/C15H14N2O3S/c18-11-5-6-13(15(7-11)17(19)20)16-14-9-21-8-10-3-1-2-4-12(10)14/h1-7,14,16,18H,8-9H2. The van der Waals surface area contributed by atoms with E-state index < -0.39 is 4.92 Å². The number of benzene rings is 2. The Balaban J connectivity index is 1.93. The lowest BCUT2D eigenvalue weighted by Gasteiger charge is -2.26. The van der Waals surface area contributed by atoms with Crippen molar-refractivity contribution in [2.75, 3.05) is 11.1 Å². The molecule has 2 N–H and O–H groups in total. The summed E-state index contributed by atoms with van der Waals surface area (Å²) >= 11 is 1.80. The zero-order chi connectivity index (χ0) is 14.8. The van der Waals surface area contributed by atoms with Crippen molar-refractivity contribution in [3.8, 4) is 5.75 Å². The molecule has 0 saturated heterocycles. The average molecular weight is 302 g/mol. The van der Waals surface area contributed by atoms with Gasteiger partial charge in [-0.3, -0.25) is 10.1 Å². The molecule has 2 aromatic rings. The van der Waals surface area contributed by atoms with Gasteiger partial charge < -0.3 is 10.4 Å². The molecule has 0 bridgehead atoms. The maximum atomic E-state index is 11.1. The van der Waals surface area contributed by atoms with E-state index in [1.165, 1.54) is 23.3 Å². The quantitative estimate of drug-likeness (QED) is 0.513. The minimum atomic E-state index is -0.482. The number of anilines is 1. The molecule has 0 radical (unpaired) electrons. The van der Waals surface area contributed by atoms with Crippen molar-refractivity contribution in [2.24, 2.45) is 0 Å². The van der Waals surface area contributed by atoms with E-state index in [1.54, 1.807) is 17.8 Å². The van der Waals surface area contributed by atoms with Gasteiger partial charge in [-0.05, 0) is 23.3 Å². The molecule has 0 amide bonds. The minimum absolute atomic E-state index is 0.0307. The van der Waals surface area contributed by atoms with Gasteiger partial charge in [-0.25, -0.2) is 0 Å². The smallest absolute Gasteiger partial charge is 0.296 e. The van der Waals surface area contributed by atoms with E-state index in [4.69, 9.17) is 0 Å². The first kappa shape index (κ1) is 13.8. The molecule has 0 fully saturated rings. The number of nitrogens with zero attached hydrogens (tertiary/aromatic N) is 1. The molecule has 0 aromatic heterocycles. The van der Waals surface area contributed by atoms with E-state index in [-0.39, 0.29) is 17.5 Å². The molecule has 1 aliphatic rings. The number of fused-ring (bicyclic) bond motifs is 1. The number of thioether (sulfide) groups is 1. The van der Waals surface area contributed by atoms with Crippen LogP contribution in [0.2, 0.25) is 0 Å². The monoisotopic (exact) mass is 302 g/mol. The third-order valence-electron chi connectivity index (χ3n) is 3.48.